The lowest BCUT2D eigenvalue weighted by molar-refractivity contribution is -0.166. The highest BCUT2D eigenvalue weighted by Crippen LogP contribution is 2.40. The molecule has 0 unspecified atom stereocenters. The quantitative estimate of drug-likeness (QED) is 0.697. The molecule has 6 nitrogen and oxygen atoms in total. The first kappa shape index (κ1) is 21.7. The summed E-state index contributed by atoms with van der Waals surface area (Å²) in [5, 5.41) is 2.76. The zero-order valence-electron chi connectivity index (χ0n) is 16.7. The van der Waals surface area contributed by atoms with Gasteiger partial charge in [-0.05, 0) is 59.2 Å². The third-order valence-electron chi connectivity index (χ3n) is 3.89. The van der Waals surface area contributed by atoms with Gasteiger partial charge in [0.25, 0.3) is 0 Å². The Hall–Kier alpha value is -1.60. The first-order valence-corrected chi connectivity index (χ1v) is 9.73. The molecule has 0 aliphatic carbocycles. The fraction of sp³-hybridized carbons (Fsp3) is 0.600. The molecule has 1 aromatic carbocycles. The molecular weight excluding hydrogens is 414 g/mol. The minimum Gasteiger partial charge on any atom is -0.458 e. The van der Waals surface area contributed by atoms with E-state index < -0.39 is 34.9 Å². The normalized spacial score (nSPS) is 23.0. The fourth-order valence-electron chi connectivity index (χ4n) is 2.87. The van der Waals surface area contributed by atoms with E-state index in [1.165, 1.54) is 0 Å². The number of benzene rings is 1. The molecule has 1 aliphatic rings. The number of esters is 1. The van der Waals surface area contributed by atoms with E-state index in [9.17, 15) is 9.59 Å². The Morgan fingerprint density at radius 1 is 1.07 bits per heavy atom. The van der Waals surface area contributed by atoms with Gasteiger partial charge < -0.3 is 19.5 Å². The summed E-state index contributed by atoms with van der Waals surface area (Å²) in [5.74, 6) is -0.536. The molecule has 1 amide bonds. The van der Waals surface area contributed by atoms with Crippen LogP contribution in [-0.2, 0) is 19.0 Å². The number of alkyl carbamates (subject to hydrolysis) is 1. The maximum absolute atomic E-state index is 13.2. The van der Waals surface area contributed by atoms with E-state index >= 15 is 0 Å². The molecule has 0 spiro atoms. The minimum atomic E-state index is -1.36. The Labute approximate surface area is 169 Å². The number of rotatable bonds is 3. The van der Waals surface area contributed by atoms with Gasteiger partial charge in [0.05, 0.1) is 6.61 Å². The molecule has 1 N–H and O–H groups in total. The summed E-state index contributed by atoms with van der Waals surface area (Å²) in [5.41, 5.74) is -1.97. The van der Waals surface area contributed by atoms with Crippen molar-refractivity contribution in [2.45, 2.75) is 70.8 Å². The highest BCUT2D eigenvalue weighted by Gasteiger charge is 2.55. The Balaban J connectivity index is 2.40. The van der Waals surface area contributed by atoms with Gasteiger partial charge in [0.15, 0.2) is 5.54 Å². The molecule has 1 heterocycles. The van der Waals surface area contributed by atoms with Crippen LogP contribution in [0.1, 0.15) is 59.6 Å². The van der Waals surface area contributed by atoms with Crippen molar-refractivity contribution in [2.24, 2.45) is 0 Å². The van der Waals surface area contributed by atoms with Gasteiger partial charge >= 0.3 is 12.1 Å². The number of carbonyl (C=O) groups excluding carboxylic acids is 2. The number of amides is 1. The van der Waals surface area contributed by atoms with Crippen molar-refractivity contribution in [3.63, 3.8) is 0 Å². The van der Waals surface area contributed by atoms with Crippen LogP contribution in [0, 0.1) is 0 Å². The summed E-state index contributed by atoms with van der Waals surface area (Å²) in [4.78, 5) is 25.7. The maximum atomic E-state index is 13.2. The van der Waals surface area contributed by atoms with Crippen LogP contribution in [-0.4, -0.2) is 35.4 Å². The van der Waals surface area contributed by atoms with Gasteiger partial charge in [0.1, 0.15) is 17.3 Å². The van der Waals surface area contributed by atoms with Gasteiger partial charge in [-0.1, -0.05) is 28.1 Å². The number of carbonyl (C=O) groups is 2. The molecule has 1 aliphatic heterocycles. The molecule has 0 aromatic heterocycles. The molecule has 1 aromatic rings. The van der Waals surface area contributed by atoms with Crippen molar-refractivity contribution in [1.29, 1.82) is 0 Å². The highest BCUT2D eigenvalue weighted by atomic mass is 79.9. The predicted octanol–water partition coefficient (Wildman–Crippen LogP) is 4.52. The van der Waals surface area contributed by atoms with Crippen molar-refractivity contribution in [1.82, 2.24) is 5.32 Å². The number of hydrogen-bond acceptors (Lipinski definition) is 5. The van der Waals surface area contributed by atoms with Gasteiger partial charge in [-0.25, -0.2) is 9.59 Å². The number of nitrogens with one attached hydrogen (secondary N) is 1. The lowest BCUT2D eigenvalue weighted by Gasteiger charge is -2.36. The van der Waals surface area contributed by atoms with Gasteiger partial charge in [-0.2, -0.15) is 0 Å². The molecular formula is C20H28BrNO5. The SMILES string of the molecule is CC(C)(C)OC(=O)N[C@@]1(C(=O)OC(C)(C)C)CCO[C@@H]1c1ccc(Br)cc1. The van der Waals surface area contributed by atoms with Crippen molar-refractivity contribution in [2.75, 3.05) is 6.61 Å². The van der Waals surface area contributed by atoms with E-state index in [0.29, 0.717) is 13.0 Å². The molecule has 27 heavy (non-hydrogen) atoms. The summed E-state index contributed by atoms with van der Waals surface area (Å²) in [6.45, 7) is 11.0. The third kappa shape index (κ3) is 5.69. The first-order chi connectivity index (χ1) is 12.3. The van der Waals surface area contributed by atoms with E-state index in [2.05, 4.69) is 21.2 Å². The van der Waals surface area contributed by atoms with Gasteiger partial charge in [0, 0.05) is 10.9 Å². The average molecular weight is 442 g/mol. The smallest absolute Gasteiger partial charge is 0.408 e. The van der Waals surface area contributed by atoms with Gasteiger partial charge in [0.2, 0.25) is 0 Å². The Kier molecular flexibility index (Phi) is 6.26. The number of hydrogen-bond donors (Lipinski definition) is 1. The Morgan fingerprint density at radius 3 is 2.15 bits per heavy atom. The monoisotopic (exact) mass is 441 g/mol. The van der Waals surface area contributed by atoms with Crippen LogP contribution in [0.2, 0.25) is 0 Å². The molecule has 0 radical (unpaired) electrons. The first-order valence-electron chi connectivity index (χ1n) is 8.94. The van der Waals surface area contributed by atoms with Crippen LogP contribution >= 0.6 is 15.9 Å². The number of halogens is 1. The van der Waals surface area contributed by atoms with Crippen LogP contribution in [0.5, 0.6) is 0 Å². The zero-order chi connectivity index (χ0) is 20.5. The highest BCUT2D eigenvalue weighted by molar-refractivity contribution is 9.10. The second-order valence-corrected chi connectivity index (χ2v) is 9.57. The standard InChI is InChI=1S/C20H28BrNO5/c1-18(2,3)26-16(23)20(22-17(24)27-19(4,5)6)11-12-25-15(20)13-7-9-14(21)10-8-13/h7-10,15H,11-12H2,1-6H3,(H,22,24)/t15-,20+/m1/s1. The second-order valence-electron chi connectivity index (χ2n) is 8.65. The van der Waals surface area contributed by atoms with E-state index in [1.54, 1.807) is 41.5 Å². The molecule has 0 bridgehead atoms. The van der Waals surface area contributed by atoms with E-state index in [0.717, 1.165) is 10.0 Å². The minimum absolute atomic E-state index is 0.294. The summed E-state index contributed by atoms with van der Waals surface area (Å²) < 4.78 is 17.8. The zero-order valence-corrected chi connectivity index (χ0v) is 18.3. The second kappa shape index (κ2) is 7.80. The van der Waals surface area contributed by atoms with Crippen molar-refractivity contribution in [3.8, 4) is 0 Å². The van der Waals surface area contributed by atoms with Crippen LogP contribution in [0.25, 0.3) is 0 Å². The fourth-order valence-corrected chi connectivity index (χ4v) is 3.14. The topological polar surface area (TPSA) is 73.9 Å². The third-order valence-corrected chi connectivity index (χ3v) is 4.42. The van der Waals surface area contributed by atoms with Crippen LogP contribution in [0.15, 0.2) is 28.7 Å². The van der Waals surface area contributed by atoms with Crippen molar-refractivity contribution in [3.05, 3.63) is 34.3 Å². The molecule has 1 fully saturated rings. The summed E-state index contributed by atoms with van der Waals surface area (Å²) in [6, 6.07) is 7.45. The summed E-state index contributed by atoms with van der Waals surface area (Å²) in [6.07, 6.45) is -1.06. The molecule has 1 saturated heterocycles. The number of ether oxygens (including phenoxy) is 3. The predicted molar refractivity (Wildman–Crippen MR) is 105 cm³/mol. The van der Waals surface area contributed by atoms with Gasteiger partial charge in [-0.3, -0.25) is 0 Å². The van der Waals surface area contributed by atoms with Crippen LogP contribution in [0.3, 0.4) is 0 Å². The Bertz CT molecular complexity index is 690. The maximum Gasteiger partial charge on any atom is 0.408 e. The molecule has 2 rings (SSSR count). The van der Waals surface area contributed by atoms with Gasteiger partial charge in [-0.15, -0.1) is 0 Å². The average Bonchev–Trinajstić information content (AvgIpc) is 2.89. The van der Waals surface area contributed by atoms with E-state index in [4.69, 9.17) is 14.2 Å². The van der Waals surface area contributed by atoms with Crippen molar-refractivity contribution < 1.29 is 23.8 Å². The van der Waals surface area contributed by atoms with E-state index in [-0.39, 0.29) is 0 Å². The van der Waals surface area contributed by atoms with Crippen LogP contribution < -0.4 is 5.32 Å². The lowest BCUT2D eigenvalue weighted by atomic mass is 9.86. The largest absolute Gasteiger partial charge is 0.458 e. The molecule has 150 valence electrons. The summed E-state index contributed by atoms with van der Waals surface area (Å²) >= 11 is 3.40. The van der Waals surface area contributed by atoms with Crippen LogP contribution in [0.4, 0.5) is 4.79 Å². The Morgan fingerprint density at radius 2 is 1.63 bits per heavy atom. The molecule has 0 saturated carbocycles. The summed E-state index contributed by atoms with van der Waals surface area (Å²) in [7, 11) is 0. The molecule has 7 heteroatoms. The van der Waals surface area contributed by atoms with Crippen molar-refractivity contribution >= 4 is 28.0 Å². The molecule has 2 atom stereocenters. The lowest BCUT2D eigenvalue weighted by Crippen LogP contribution is -2.59. The van der Waals surface area contributed by atoms with E-state index in [1.807, 2.05) is 24.3 Å².